The van der Waals surface area contributed by atoms with Crippen LogP contribution in [0.2, 0.25) is 0 Å². The second kappa shape index (κ2) is 21.3. The number of hydrogen-bond acceptors (Lipinski definition) is 4. The van der Waals surface area contributed by atoms with Crippen LogP contribution in [-0.2, 0) is 33.9 Å². The molecule has 6 heteroatoms. The average molecular weight is 751 g/mol. The van der Waals surface area contributed by atoms with Crippen molar-refractivity contribution in [2.24, 2.45) is 17.3 Å². The van der Waals surface area contributed by atoms with Crippen LogP contribution >= 0.6 is 0 Å². The predicted molar refractivity (Wildman–Crippen MR) is 183 cm³/mol. The molecule has 2 heterocycles. The Morgan fingerprint density at radius 3 is 2.24 bits per heavy atom. The molecule has 5 nitrogen and oxygen atoms in total. The summed E-state index contributed by atoms with van der Waals surface area (Å²) in [6.45, 7) is 26.0. The van der Waals surface area contributed by atoms with Crippen molar-refractivity contribution in [1.29, 1.82) is 0 Å². The summed E-state index contributed by atoms with van der Waals surface area (Å²) in [6.07, 6.45) is 11.9. The van der Waals surface area contributed by atoms with Crippen molar-refractivity contribution in [2.45, 2.75) is 127 Å². The van der Waals surface area contributed by atoms with Gasteiger partial charge >= 0.3 is 0 Å². The Hall–Kier alpha value is -1.45. The van der Waals surface area contributed by atoms with Crippen LogP contribution in [0, 0.1) is 24.2 Å². The van der Waals surface area contributed by atoms with E-state index < -0.39 is 0 Å². The van der Waals surface area contributed by atoms with E-state index in [0.717, 1.165) is 71.7 Å². The third-order valence-corrected chi connectivity index (χ3v) is 7.92. The van der Waals surface area contributed by atoms with Gasteiger partial charge in [0, 0.05) is 39.4 Å². The Labute approximate surface area is 273 Å². The van der Waals surface area contributed by atoms with Gasteiger partial charge in [0.05, 0.1) is 5.52 Å². The number of aromatic nitrogens is 3. The number of rotatable bonds is 15. The van der Waals surface area contributed by atoms with Crippen molar-refractivity contribution < 1.29 is 21.1 Å². The minimum Gasteiger partial charge on any atom is -0.382 e. The number of unbranched alkanes of at least 4 members (excludes halogenated alkanes) is 3. The normalized spacial score (nSPS) is 12.8. The molecule has 240 valence electrons. The van der Waals surface area contributed by atoms with Crippen LogP contribution in [0.3, 0.4) is 0 Å². The van der Waals surface area contributed by atoms with Crippen LogP contribution in [0.25, 0.3) is 21.9 Å². The van der Waals surface area contributed by atoms with Crippen LogP contribution in [0.15, 0.2) is 18.2 Å². The molecule has 3 aromatic rings. The van der Waals surface area contributed by atoms with E-state index in [4.69, 9.17) is 10.7 Å². The van der Waals surface area contributed by atoms with E-state index in [1.807, 2.05) is 13.8 Å². The number of nitrogens with zero attached hydrogens (tertiary/aromatic N) is 3. The van der Waals surface area contributed by atoms with Gasteiger partial charge in [-0.2, -0.15) is 5.41 Å². The number of H-pyrrole nitrogens is 1. The molecule has 0 saturated heterocycles. The zero-order chi connectivity index (χ0) is 31.0. The van der Waals surface area contributed by atoms with Crippen LogP contribution in [0.5, 0.6) is 0 Å². The number of aromatic amines is 1. The number of fused-ring (bicyclic) bond motifs is 3. The van der Waals surface area contributed by atoms with Gasteiger partial charge in [-0.15, -0.1) is 0 Å². The minimum atomic E-state index is 0. The molecule has 0 aliphatic carbocycles. The number of anilines is 1. The summed E-state index contributed by atoms with van der Waals surface area (Å²) in [5, 5.41) is 1.09. The van der Waals surface area contributed by atoms with Gasteiger partial charge in [0.15, 0.2) is 0 Å². The first-order valence-electron chi connectivity index (χ1n) is 16.6. The van der Waals surface area contributed by atoms with E-state index in [1.165, 1.54) is 50.8 Å². The number of nitrogen functional groups attached to an aromatic ring is 1. The fourth-order valence-electron chi connectivity index (χ4n) is 4.92. The summed E-state index contributed by atoms with van der Waals surface area (Å²) >= 11 is 0. The SMILES string of the molecule is CC.CCCCc1nc2c([nH]1)c(N)nc1cc(CCCCCN(C)CC(C)CC(C)CC)ccc12.[CH2-]C(C)(C)CC.[W]. The maximum Gasteiger partial charge on any atom is 0.150 e. The smallest absolute Gasteiger partial charge is 0.150 e. The monoisotopic (exact) mass is 750 g/mol. The fourth-order valence-corrected chi connectivity index (χ4v) is 4.92. The van der Waals surface area contributed by atoms with E-state index in [0.29, 0.717) is 11.2 Å². The molecule has 0 radical (unpaired) electrons. The van der Waals surface area contributed by atoms with Crippen molar-refractivity contribution in [1.82, 2.24) is 19.9 Å². The summed E-state index contributed by atoms with van der Waals surface area (Å²) < 4.78 is 0. The number of imidazole rings is 1. The zero-order valence-electron chi connectivity index (χ0n) is 28.9. The van der Waals surface area contributed by atoms with Gasteiger partial charge in [-0.05, 0) is 69.2 Å². The van der Waals surface area contributed by atoms with Gasteiger partial charge in [0.25, 0.3) is 0 Å². The number of pyridine rings is 1. The molecule has 0 spiro atoms. The summed E-state index contributed by atoms with van der Waals surface area (Å²) in [6, 6.07) is 6.62. The molecule has 2 aromatic heterocycles. The first kappa shape index (κ1) is 40.5. The third kappa shape index (κ3) is 14.8. The Balaban J connectivity index is 0.00000166. The Morgan fingerprint density at radius 2 is 1.64 bits per heavy atom. The second-order valence-corrected chi connectivity index (χ2v) is 12.8. The molecule has 0 bridgehead atoms. The molecule has 2 atom stereocenters. The van der Waals surface area contributed by atoms with Gasteiger partial charge in [-0.1, -0.05) is 100 Å². The van der Waals surface area contributed by atoms with Gasteiger partial charge < -0.3 is 22.5 Å². The molecule has 42 heavy (non-hydrogen) atoms. The Kier molecular flexibility index (Phi) is 20.5. The first-order chi connectivity index (χ1) is 19.5. The quantitative estimate of drug-likeness (QED) is 0.120. The fraction of sp³-hybridized carbons (Fsp3) is 0.694. The molecule has 3 rings (SSSR count). The van der Waals surface area contributed by atoms with E-state index in [2.05, 4.69) is 95.5 Å². The molecule has 2 unspecified atom stereocenters. The number of aryl methyl sites for hydroxylation is 2. The van der Waals surface area contributed by atoms with E-state index in [-0.39, 0.29) is 21.1 Å². The molecular formula is C36H64N5W-. The average Bonchev–Trinajstić information content (AvgIpc) is 3.37. The van der Waals surface area contributed by atoms with Crippen molar-refractivity contribution in [2.75, 3.05) is 25.9 Å². The van der Waals surface area contributed by atoms with Crippen LogP contribution in [0.4, 0.5) is 5.82 Å². The largest absolute Gasteiger partial charge is 0.382 e. The Morgan fingerprint density at radius 1 is 0.976 bits per heavy atom. The number of nitrogens with two attached hydrogens (primary N) is 1. The molecule has 0 aliphatic heterocycles. The number of hydrogen-bond donors (Lipinski definition) is 2. The number of nitrogens with one attached hydrogen (secondary N) is 1. The predicted octanol–water partition coefficient (Wildman–Crippen LogP) is 10.0. The van der Waals surface area contributed by atoms with Crippen molar-refractivity contribution in [3.05, 3.63) is 36.5 Å². The topological polar surface area (TPSA) is 70.8 Å². The summed E-state index contributed by atoms with van der Waals surface area (Å²) in [5.41, 5.74) is 10.7. The summed E-state index contributed by atoms with van der Waals surface area (Å²) in [7, 11) is 2.27. The molecule has 1 aromatic carbocycles. The second-order valence-electron chi connectivity index (χ2n) is 12.8. The third-order valence-electron chi connectivity index (χ3n) is 7.92. The maximum absolute atomic E-state index is 6.26. The van der Waals surface area contributed by atoms with E-state index in [9.17, 15) is 0 Å². The van der Waals surface area contributed by atoms with Gasteiger partial charge in [-0.25, -0.2) is 9.97 Å². The van der Waals surface area contributed by atoms with Crippen LogP contribution in [0.1, 0.15) is 125 Å². The number of benzene rings is 1. The zero-order valence-corrected chi connectivity index (χ0v) is 31.8. The molecule has 0 aliphatic rings. The molecule has 0 fully saturated rings. The summed E-state index contributed by atoms with van der Waals surface area (Å²) in [5.74, 6) is 3.19. The Bertz CT molecular complexity index is 1120. The standard InChI is InChI=1S/C28H45N5.C6H13.C2H6.W/c1-6-8-13-25-31-26-23-15-14-22(18-24(23)30-28(29)27(26)32-25)12-10-9-11-16-33(5)19-21(4)17-20(3)7-2;1-5-6(2,3)4;1-2;/h14-15,18,20-21H,6-13,16-17,19H2,1-5H3,(H2,29,30)(H,31,32);2,5H2,1,3-4H3;1-2H3;/q;-1;;. The molecule has 3 N–H and O–H groups in total. The van der Waals surface area contributed by atoms with Gasteiger partial charge in [0.2, 0.25) is 0 Å². The van der Waals surface area contributed by atoms with Gasteiger partial charge in [0.1, 0.15) is 22.7 Å². The van der Waals surface area contributed by atoms with E-state index in [1.54, 1.807) is 0 Å². The van der Waals surface area contributed by atoms with Gasteiger partial charge in [-0.3, -0.25) is 0 Å². The van der Waals surface area contributed by atoms with Crippen molar-refractivity contribution >= 4 is 27.8 Å². The van der Waals surface area contributed by atoms with Crippen LogP contribution in [-0.4, -0.2) is 40.0 Å². The van der Waals surface area contributed by atoms with Crippen molar-refractivity contribution in [3.8, 4) is 0 Å². The van der Waals surface area contributed by atoms with Crippen molar-refractivity contribution in [3.63, 3.8) is 0 Å². The van der Waals surface area contributed by atoms with Crippen LogP contribution < -0.4 is 5.73 Å². The maximum atomic E-state index is 6.26. The molecular weight excluding hydrogens is 686 g/mol. The summed E-state index contributed by atoms with van der Waals surface area (Å²) in [4.78, 5) is 15.4. The molecule has 0 amide bonds. The minimum absolute atomic E-state index is 0. The first-order valence-corrected chi connectivity index (χ1v) is 16.6. The molecule has 0 saturated carbocycles. The van der Waals surface area contributed by atoms with E-state index >= 15 is 0 Å².